The number of ether oxygens (including phenoxy) is 2. The van der Waals surface area contributed by atoms with Crippen LogP contribution >= 0.6 is 11.5 Å². The van der Waals surface area contributed by atoms with Crippen LogP contribution in [0.3, 0.4) is 0 Å². The third-order valence-corrected chi connectivity index (χ3v) is 6.86. The van der Waals surface area contributed by atoms with E-state index in [0.29, 0.717) is 37.4 Å². The van der Waals surface area contributed by atoms with Crippen molar-refractivity contribution in [3.8, 4) is 11.5 Å². The molecule has 0 aliphatic rings. The van der Waals surface area contributed by atoms with Gasteiger partial charge in [-0.05, 0) is 49.9 Å². The van der Waals surface area contributed by atoms with Crippen LogP contribution in [-0.2, 0) is 17.6 Å². The second-order valence-electron chi connectivity index (χ2n) is 8.65. The number of benzene rings is 2. The molecule has 1 N–H and O–H groups in total. The second-order valence-corrected chi connectivity index (χ2v) is 9.38. The molecule has 7 nitrogen and oxygen atoms in total. The van der Waals surface area contributed by atoms with Crippen LogP contribution in [0.25, 0.3) is 0 Å². The molecule has 1 unspecified atom stereocenters. The molecule has 0 aliphatic heterocycles. The van der Waals surface area contributed by atoms with Crippen LogP contribution in [-0.4, -0.2) is 48.6 Å². The fourth-order valence-electron chi connectivity index (χ4n) is 3.74. The minimum Gasteiger partial charge on any atom is -0.493 e. The third-order valence-electron chi connectivity index (χ3n) is 6.07. The average molecular weight is 497 g/mol. The van der Waals surface area contributed by atoms with E-state index in [1.165, 1.54) is 22.7 Å². The Labute approximate surface area is 212 Å². The lowest BCUT2D eigenvalue weighted by Gasteiger charge is -2.27. The Morgan fingerprint density at radius 2 is 1.80 bits per heavy atom. The quantitative estimate of drug-likeness (QED) is 0.366. The zero-order valence-electron chi connectivity index (χ0n) is 21.3. The van der Waals surface area contributed by atoms with E-state index in [2.05, 4.69) is 59.6 Å². The van der Waals surface area contributed by atoms with Crippen molar-refractivity contribution in [3.63, 3.8) is 0 Å². The first kappa shape index (κ1) is 26.5. The molecule has 35 heavy (non-hydrogen) atoms. The van der Waals surface area contributed by atoms with E-state index in [1.54, 1.807) is 14.2 Å². The highest BCUT2D eigenvalue weighted by atomic mass is 32.1. The summed E-state index contributed by atoms with van der Waals surface area (Å²) in [5.74, 6) is 2.24. The first-order valence-corrected chi connectivity index (χ1v) is 12.8. The summed E-state index contributed by atoms with van der Waals surface area (Å²) in [6.45, 7) is 7.57. The van der Waals surface area contributed by atoms with E-state index in [1.807, 2.05) is 18.2 Å². The van der Waals surface area contributed by atoms with E-state index < -0.39 is 0 Å². The van der Waals surface area contributed by atoms with Gasteiger partial charge in [-0.3, -0.25) is 4.79 Å². The Bertz CT molecular complexity index is 1080. The average Bonchev–Trinajstić information content (AvgIpc) is 3.33. The predicted molar refractivity (Wildman–Crippen MR) is 142 cm³/mol. The number of nitrogens with one attached hydrogen (secondary N) is 1. The van der Waals surface area contributed by atoms with Gasteiger partial charge < -0.3 is 19.7 Å². The smallest absolute Gasteiger partial charge is 0.221 e. The molecule has 1 amide bonds. The molecule has 2 aromatic carbocycles. The van der Waals surface area contributed by atoms with Gasteiger partial charge in [0, 0.05) is 43.5 Å². The maximum atomic E-state index is 12.6. The van der Waals surface area contributed by atoms with Crippen molar-refractivity contribution in [2.75, 3.05) is 32.2 Å². The normalized spacial score (nSPS) is 11.7. The number of hydrogen-bond donors (Lipinski definition) is 1. The summed E-state index contributed by atoms with van der Waals surface area (Å²) in [4.78, 5) is 19.5. The van der Waals surface area contributed by atoms with Crippen LogP contribution in [0.15, 0.2) is 42.5 Å². The number of amides is 1. The van der Waals surface area contributed by atoms with E-state index in [4.69, 9.17) is 14.5 Å². The molecule has 0 saturated carbocycles. The molecular formula is C27H36N4O3S. The van der Waals surface area contributed by atoms with Crippen molar-refractivity contribution in [2.45, 2.75) is 52.5 Å². The van der Waals surface area contributed by atoms with Gasteiger partial charge in [0.1, 0.15) is 5.82 Å². The van der Waals surface area contributed by atoms with Crippen LogP contribution in [0.2, 0.25) is 0 Å². The molecule has 0 bridgehead atoms. The highest BCUT2D eigenvalue weighted by Crippen LogP contribution is 2.27. The van der Waals surface area contributed by atoms with Crippen LogP contribution in [0.5, 0.6) is 11.5 Å². The molecule has 188 valence electrons. The van der Waals surface area contributed by atoms with E-state index in [-0.39, 0.29) is 11.9 Å². The highest BCUT2D eigenvalue weighted by Gasteiger charge is 2.19. The SMILES string of the molecule is CCC(C)N(CCC(=O)NCCc1ccc(OC)c(OC)c1)c1nc(Cc2ccc(C)cc2)ns1. The molecule has 0 radical (unpaired) electrons. The lowest BCUT2D eigenvalue weighted by Crippen LogP contribution is -2.37. The van der Waals surface area contributed by atoms with Gasteiger partial charge in [-0.2, -0.15) is 4.37 Å². The number of hydrogen-bond acceptors (Lipinski definition) is 7. The van der Waals surface area contributed by atoms with Crippen molar-refractivity contribution in [3.05, 3.63) is 65.0 Å². The molecule has 1 atom stereocenters. The van der Waals surface area contributed by atoms with Gasteiger partial charge in [0.2, 0.25) is 11.0 Å². The summed E-state index contributed by atoms with van der Waals surface area (Å²) >= 11 is 1.41. The van der Waals surface area contributed by atoms with Crippen molar-refractivity contribution in [1.29, 1.82) is 0 Å². The summed E-state index contributed by atoms with van der Waals surface area (Å²) in [5.41, 5.74) is 3.52. The van der Waals surface area contributed by atoms with E-state index >= 15 is 0 Å². The molecule has 0 aliphatic carbocycles. The molecule has 0 saturated heterocycles. The molecule has 1 aromatic heterocycles. The summed E-state index contributed by atoms with van der Waals surface area (Å²) in [6, 6.07) is 14.5. The van der Waals surface area contributed by atoms with Gasteiger partial charge >= 0.3 is 0 Å². The fourth-order valence-corrected chi connectivity index (χ4v) is 4.55. The standard InChI is InChI=1S/C27H36N4O3S/c1-6-20(3)31(27-29-25(30-35-27)18-21-9-7-19(2)8-10-21)16-14-26(32)28-15-13-22-11-12-23(33-4)24(17-22)34-5/h7-12,17,20H,6,13-16,18H2,1-5H3,(H,28,32). The molecule has 3 rings (SSSR count). The first-order valence-electron chi connectivity index (χ1n) is 12.1. The maximum Gasteiger partial charge on any atom is 0.221 e. The Balaban J connectivity index is 1.52. The fraction of sp³-hybridized carbons (Fsp3) is 0.444. The number of carbonyl (C=O) groups excluding carboxylic acids is 1. The van der Waals surface area contributed by atoms with Gasteiger partial charge in [-0.15, -0.1) is 0 Å². The highest BCUT2D eigenvalue weighted by molar-refractivity contribution is 7.09. The molecule has 3 aromatic rings. The van der Waals surface area contributed by atoms with Crippen LogP contribution in [0.4, 0.5) is 5.13 Å². The molecule has 8 heteroatoms. The zero-order valence-corrected chi connectivity index (χ0v) is 22.2. The van der Waals surface area contributed by atoms with Crippen molar-refractivity contribution in [1.82, 2.24) is 14.7 Å². The number of nitrogens with zero attached hydrogens (tertiary/aromatic N) is 3. The molecule has 1 heterocycles. The zero-order chi connectivity index (χ0) is 25.2. The lowest BCUT2D eigenvalue weighted by molar-refractivity contribution is -0.120. The van der Waals surface area contributed by atoms with Gasteiger partial charge in [0.15, 0.2) is 11.5 Å². The summed E-state index contributed by atoms with van der Waals surface area (Å²) in [7, 11) is 3.24. The monoisotopic (exact) mass is 496 g/mol. The van der Waals surface area contributed by atoms with Crippen LogP contribution < -0.4 is 19.7 Å². The van der Waals surface area contributed by atoms with Gasteiger partial charge in [0.05, 0.1) is 14.2 Å². The number of aromatic nitrogens is 2. The van der Waals surface area contributed by atoms with Crippen molar-refractivity contribution >= 4 is 22.6 Å². The largest absolute Gasteiger partial charge is 0.493 e. The number of rotatable bonds is 13. The minimum atomic E-state index is 0.0307. The van der Waals surface area contributed by atoms with Gasteiger partial charge in [-0.25, -0.2) is 4.98 Å². The minimum absolute atomic E-state index is 0.0307. The summed E-state index contributed by atoms with van der Waals surface area (Å²) in [5, 5.41) is 3.91. The Hall–Kier alpha value is -3.13. The number of carbonyl (C=O) groups is 1. The van der Waals surface area contributed by atoms with Crippen molar-refractivity contribution in [2.24, 2.45) is 0 Å². The van der Waals surface area contributed by atoms with E-state index in [9.17, 15) is 4.79 Å². The topological polar surface area (TPSA) is 76.6 Å². The van der Waals surface area contributed by atoms with Crippen LogP contribution in [0, 0.1) is 6.92 Å². The number of methoxy groups -OCH3 is 2. The van der Waals surface area contributed by atoms with E-state index in [0.717, 1.165) is 29.4 Å². The second kappa shape index (κ2) is 13.1. The molecule has 0 fully saturated rings. The Morgan fingerprint density at radius 3 is 2.49 bits per heavy atom. The molecular weight excluding hydrogens is 460 g/mol. The first-order chi connectivity index (χ1) is 16.9. The summed E-state index contributed by atoms with van der Waals surface area (Å²) < 4.78 is 15.2. The lowest BCUT2D eigenvalue weighted by atomic mass is 10.1. The van der Waals surface area contributed by atoms with Crippen molar-refractivity contribution < 1.29 is 14.3 Å². The Morgan fingerprint density at radius 1 is 1.09 bits per heavy atom. The van der Waals surface area contributed by atoms with Gasteiger partial charge in [-0.1, -0.05) is 42.8 Å². The third kappa shape index (κ3) is 7.68. The molecule has 0 spiro atoms. The van der Waals surface area contributed by atoms with Gasteiger partial charge in [0.25, 0.3) is 0 Å². The summed E-state index contributed by atoms with van der Waals surface area (Å²) in [6.07, 6.45) is 2.80. The van der Waals surface area contributed by atoms with Crippen LogP contribution in [0.1, 0.15) is 49.2 Å². The maximum absolute atomic E-state index is 12.6. The Kier molecular flexibility index (Phi) is 9.90. The number of anilines is 1. The predicted octanol–water partition coefficient (Wildman–Crippen LogP) is 4.81. The number of aryl methyl sites for hydroxylation is 1.